The third kappa shape index (κ3) is 2.87. The van der Waals surface area contributed by atoms with Crippen LogP contribution in [-0.2, 0) is 9.53 Å². The first kappa shape index (κ1) is 10.3. The number of carbonyl (C=O) groups excluding carboxylic acids is 1. The van der Waals surface area contributed by atoms with Crippen LogP contribution in [0.3, 0.4) is 0 Å². The quantitative estimate of drug-likeness (QED) is 0.495. The van der Waals surface area contributed by atoms with Crippen molar-refractivity contribution >= 4 is 5.97 Å². The number of esters is 1. The molecule has 0 unspecified atom stereocenters. The Hall–Kier alpha value is -0.790. The molecule has 0 aromatic carbocycles. The molecule has 13 heavy (non-hydrogen) atoms. The van der Waals surface area contributed by atoms with Gasteiger partial charge in [0.15, 0.2) is 0 Å². The van der Waals surface area contributed by atoms with Crippen LogP contribution in [0.2, 0.25) is 0 Å². The second kappa shape index (κ2) is 5.05. The topological polar surface area (TPSA) is 26.3 Å². The van der Waals surface area contributed by atoms with E-state index in [0.717, 1.165) is 12.8 Å². The van der Waals surface area contributed by atoms with Crippen molar-refractivity contribution in [1.82, 2.24) is 0 Å². The molecule has 1 aliphatic rings. The van der Waals surface area contributed by atoms with Gasteiger partial charge in [0, 0.05) is 12.3 Å². The number of ether oxygens (including phenoxy) is 1. The van der Waals surface area contributed by atoms with Gasteiger partial charge in [-0.1, -0.05) is 19.4 Å². The summed E-state index contributed by atoms with van der Waals surface area (Å²) in [5.74, 6) is 0.294. The van der Waals surface area contributed by atoms with Gasteiger partial charge in [-0.05, 0) is 19.3 Å². The Bertz CT molecular complexity index is 187. The largest absolute Gasteiger partial charge is 0.462 e. The van der Waals surface area contributed by atoms with Crippen LogP contribution in [0.15, 0.2) is 12.7 Å². The molecule has 2 nitrogen and oxygen atoms in total. The Morgan fingerprint density at radius 1 is 1.54 bits per heavy atom. The summed E-state index contributed by atoms with van der Waals surface area (Å²) in [5, 5.41) is 0. The summed E-state index contributed by atoms with van der Waals surface area (Å²) in [6, 6.07) is 0. The van der Waals surface area contributed by atoms with E-state index in [-0.39, 0.29) is 12.1 Å². The maximum absolute atomic E-state index is 11.1. The van der Waals surface area contributed by atoms with E-state index in [9.17, 15) is 4.79 Å². The molecule has 0 saturated heterocycles. The van der Waals surface area contributed by atoms with Gasteiger partial charge in [0.25, 0.3) is 0 Å². The first-order valence-electron chi connectivity index (χ1n) is 5.10. The van der Waals surface area contributed by atoms with E-state index in [1.807, 2.05) is 13.0 Å². The van der Waals surface area contributed by atoms with Crippen LogP contribution in [0.5, 0.6) is 0 Å². The van der Waals surface area contributed by atoms with Crippen LogP contribution in [0.25, 0.3) is 0 Å². The van der Waals surface area contributed by atoms with Gasteiger partial charge in [0.2, 0.25) is 0 Å². The van der Waals surface area contributed by atoms with Crippen molar-refractivity contribution < 1.29 is 9.53 Å². The van der Waals surface area contributed by atoms with Gasteiger partial charge in [-0.2, -0.15) is 0 Å². The van der Waals surface area contributed by atoms with Gasteiger partial charge < -0.3 is 4.74 Å². The lowest BCUT2D eigenvalue weighted by molar-refractivity contribution is -0.152. The first-order valence-corrected chi connectivity index (χ1v) is 5.10. The maximum Gasteiger partial charge on any atom is 0.305 e. The smallest absolute Gasteiger partial charge is 0.305 e. The Kier molecular flexibility index (Phi) is 4.00. The lowest BCUT2D eigenvalue weighted by Crippen LogP contribution is -2.28. The van der Waals surface area contributed by atoms with Crippen molar-refractivity contribution in [2.45, 2.75) is 45.1 Å². The molecule has 0 amide bonds. The molecule has 0 spiro atoms. The number of hydrogen-bond donors (Lipinski definition) is 0. The van der Waals surface area contributed by atoms with Gasteiger partial charge in [0.05, 0.1) is 0 Å². The maximum atomic E-state index is 11.1. The fourth-order valence-electron chi connectivity index (χ4n) is 1.79. The Labute approximate surface area is 80.0 Å². The SMILES string of the molecule is C=C[C@H]1CCCC[C@@H]1OC(=O)CC. The normalized spacial score (nSPS) is 28.1. The summed E-state index contributed by atoms with van der Waals surface area (Å²) < 4.78 is 5.33. The summed E-state index contributed by atoms with van der Waals surface area (Å²) >= 11 is 0. The van der Waals surface area contributed by atoms with E-state index in [2.05, 4.69) is 6.58 Å². The van der Waals surface area contributed by atoms with Gasteiger partial charge >= 0.3 is 5.97 Å². The van der Waals surface area contributed by atoms with Gasteiger partial charge in [-0.15, -0.1) is 6.58 Å². The van der Waals surface area contributed by atoms with Crippen LogP contribution in [0.1, 0.15) is 39.0 Å². The predicted molar refractivity (Wildman–Crippen MR) is 52.3 cm³/mol. The van der Waals surface area contributed by atoms with Crippen LogP contribution in [0, 0.1) is 5.92 Å². The van der Waals surface area contributed by atoms with Crippen molar-refractivity contribution in [3.05, 3.63) is 12.7 Å². The highest BCUT2D eigenvalue weighted by Gasteiger charge is 2.25. The van der Waals surface area contributed by atoms with E-state index >= 15 is 0 Å². The van der Waals surface area contributed by atoms with Crippen LogP contribution in [0.4, 0.5) is 0 Å². The zero-order chi connectivity index (χ0) is 9.68. The Balaban J connectivity index is 2.44. The van der Waals surface area contributed by atoms with E-state index in [1.165, 1.54) is 12.8 Å². The molecule has 0 N–H and O–H groups in total. The predicted octanol–water partition coefficient (Wildman–Crippen LogP) is 2.68. The molecule has 2 atom stereocenters. The molecule has 0 bridgehead atoms. The zero-order valence-electron chi connectivity index (χ0n) is 8.29. The molecule has 1 fully saturated rings. The number of rotatable bonds is 3. The summed E-state index contributed by atoms with van der Waals surface area (Å²) in [7, 11) is 0. The first-order chi connectivity index (χ1) is 6.27. The molecule has 0 aromatic rings. The van der Waals surface area contributed by atoms with Crippen molar-refractivity contribution in [3.8, 4) is 0 Å². The third-order valence-electron chi connectivity index (χ3n) is 2.63. The zero-order valence-corrected chi connectivity index (χ0v) is 8.29. The van der Waals surface area contributed by atoms with E-state index in [1.54, 1.807) is 0 Å². The van der Waals surface area contributed by atoms with Crippen molar-refractivity contribution in [2.75, 3.05) is 0 Å². The number of hydrogen-bond acceptors (Lipinski definition) is 2. The molecule has 0 heterocycles. The van der Waals surface area contributed by atoms with E-state index in [4.69, 9.17) is 4.74 Å². The molecule has 74 valence electrons. The van der Waals surface area contributed by atoms with Gasteiger partial charge in [-0.3, -0.25) is 4.79 Å². The van der Waals surface area contributed by atoms with Crippen molar-refractivity contribution in [1.29, 1.82) is 0 Å². The highest BCUT2D eigenvalue weighted by molar-refractivity contribution is 5.69. The summed E-state index contributed by atoms with van der Waals surface area (Å²) in [6.07, 6.45) is 7.02. The summed E-state index contributed by atoms with van der Waals surface area (Å²) in [5.41, 5.74) is 0. The minimum atomic E-state index is -0.0845. The average Bonchev–Trinajstić information content (AvgIpc) is 2.18. The Morgan fingerprint density at radius 3 is 2.85 bits per heavy atom. The third-order valence-corrected chi connectivity index (χ3v) is 2.63. The molecule has 0 aliphatic heterocycles. The molecule has 1 aliphatic carbocycles. The molecule has 1 saturated carbocycles. The minimum absolute atomic E-state index is 0.0845. The Morgan fingerprint density at radius 2 is 2.23 bits per heavy atom. The van der Waals surface area contributed by atoms with Crippen molar-refractivity contribution in [3.63, 3.8) is 0 Å². The lowest BCUT2D eigenvalue weighted by atomic mass is 9.86. The van der Waals surface area contributed by atoms with Crippen LogP contribution in [-0.4, -0.2) is 12.1 Å². The average molecular weight is 182 g/mol. The highest BCUT2D eigenvalue weighted by atomic mass is 16.5. The molecular formula is C11H18O2. The fourth-order valence-corrected chi connectivity index (χ4v) is 1.79. The van der Waals surface area contributed by atoms with Gasteiger partial charge in [-0.25, -0.2) is 0 Å². The van der Waals surface area contributed by atoms with Gasteiger partial charge in [0.1, 0.15) is 6.10 Å². The lowest BCUT2D eigenvalue weighted by Gasteiger charge is -2.28. The van der Waals surface area contributed by atoms with Crippen molar-refractivity contribution in [2.24, 2.45) is 5.92 Å². The van der Waals surface area contributed by atoms with Crippen LogP contribution < -0.4 is 0 Å². The molecule has 0 aromatic heterocycles. The molecular weight excluding hydrogens is 164 g/mol. The fraction of sp³-hybridized carbons (Fsp3) is 0.727. The van der Waals surface area contributed by atoms with E-state index in [0.29, 0.717) is 12.3 Å². The minimum Gasteiger partial charge on any atom is -0.462 e. The second-order valence-corrected chi connectivity index (χ2v) is 3.57. The summed E-state index contributed by atoms with van der Waals surface area (Å²) in [6.45, 7) is 5.60. The molecule has 0 radical (unpaired) electrons. The van der Waals surface area contributed by atoms with Crippen LogP contribution >= 0.6 is 0 Å². The monoisotopic (exact) mass is 182 g/mol. The molecule has 1 rings (SSSR count). The van der Waals surface area contributed by atoms with E-state index < -0.39 is 0 Å². The highest BCUT2D eigenvalue weighted by Crippen LogP contribution is 2.27. The molecule has 2 heteroatoms. The number of carbonyl (C=O) groups is 1. The summed E-state index contributed by atoms with van der Waals surface area (Å²) in [4.78, 5) is 11.1. The second-order valence-electron chi connectivity index (χ2n) is 3.57. The standard InChI is InChI=1S/C11H18O2/c1-3-9-7-5-6-8-10(9)13-11(12)4-2/h3,9-10H,1,4-8H2,2H3/t9-,10-/m0/s1.